The summed E-state index contributed by atoms with van der Waals surface area (Å²) in [6, 6.07) is 1.53. The molecule has 1 aliphatic heterocycles. The average Bonchev–Trinajstić information content (AvgIpc) is 2.63. The van der Waals surface area contributed by atoms with Crippen LogP contribution in [0.25, 0.3) is 0 Å². The van der Waals surface area contributed by atoms with Crippen LogP contribution in [0.2, 0.25) is 0 Å². The van der Waals surface area contributed by atoms with Crippen molar-refractivity contribution in [2.45, 2.75) is 76.0 Å². The molecule has 0 amide bonds. The maximum atomic E-state index is 5.98. The van der Waals surface area contributed by atoms with Gasteiger partial charge >= 0.3 is 0 Å². The Bertz CT molecular complexity index is 249. The topological polar surface area (TPSA) is 21.3 Å². The normalized spacial score (nSPS) is 42.2. The van der Waals surface area contributed by atoms with Crippen LogP contribution in [0.4, 0.5) is 0 Å². The van der Waals surface area contributed by atoms with Crippen molar-refractivity contribution in [1.82, 2.24) is 5.32 Å². The van der Waals surface area contributed by atoms with Crippen molar-refractivity contribution >= 4 is 0 Å². The molecule has 0 aromatic heterocycles. The van der Waals surface area contributed by atoms with Crippen molar-refractivity contribution < 1.29 is 4.74 Å². The van der Waals surface area contributed by atoms with E-state index in [4.69, 9.17) is 4.74 Å². The molecule has 2 heteroatoms. The second kappa shape index (κ2) is 4.30. The van der Waals surface area contributed by atoms with Gasteiger partial charge in [-0.25, -0.2) is 0 Å². The molecule has 16 heavy (non-hydrogen) atoms. The molecule has 1 N–H and O–H groups in total. The first-order chi connectivity index (χ1) is 7.77. The minimum absolute atomic E-state index is 0.303. The largest absolute Gasteiger partial charge is 0.375 e. The number of hydrogen-bond donors (Lipinski definition) is 1. The van der Waals surface area contributed by atoms with E-state index >= 15 is 0 Å². The van der Waals surface area contributed by atoms with Gasteiger partial charge in [0, 0.05) is 18.7 Å². The predicted molar refractivity (Wildman–Crippen MR) is 65.5 cm³/mol. The third-order valence-electron chi connectivity index (χ3n) is 5.07. The molecule has 2 nitrogen and oxygen atoms in total. The highest BCUT2D eigenvalue weighted by molar-refractivity contribution is 4.97. The molecular weight excluding hydrogens is 198 g/mol. The highest BCUT2D eigenvalue weighted by atomic mass is 16.5. The Morgan fingerprint density at radius 1 is 1.12 bits per heavy atom. The fourth-order valence-corrected chi connectivity index (χ4v) is 3.79. The van der Waals surface area contributed by atoms with Gasteiger partial charge in [0.05, 0.1) is 5.60 Å². The fourth-order valence-electron chi connectivity index (χ4n) is 3.79. The Morgan fingerprint density at radius 3 is 2.62 bits per heavy atom. The molecule has 0 aromatic rings. The molecule has 2 aliphatic carbocycles. The van der Waals surface area contributed by atoms with E-state index in [-0.39, 0.29) is 0 Å². The molecule has 3 rings (SSSR count). The molecule has 0 bridgehead atoms. The van der Waals surface area contributed by atoms with Gasteiger partial charge in [-0.3, -0.25) is 0 Å². The molecule has 0 radical (unpaired) electrons. The van der Waals surface area contributed by atoms with E-state index in [1.54, 1.807) is 0 Å². The summed E-state index contributed by atoms with van der Waals surface area (Å²) in [5.74, 6) is 0.889. The molecule has 3 unspecified atom stereocenters. The molecular formula is C14H25NO. The van der Waals surface area contributed by atoms with Gasteiger partial charge in [0.2, 0.25) is 0 Å². The van der Waals surface area contributed by atoms with Crippen LogP contribution in [0.15, 0.2) is 0 Å². The minimum Gasteiger partial charge on any atom is -0.375 e. The summed E-state index contributed by atoms with van der Waals surface area (Å²) in [4.78, 5) is 0. The smallest absolute Gasteiger partial charge is 0.0697 e. The molecule has 3 aliphatic rings. The lowest BCUT2D eigenvalue weighted by Crippen LogP contribution is -2.53. The first kappa shape index (κ1) is 11.0. The van der Waals surface area contributed by atoms with Crippen LogP contribution in [-0.2, 0) is 4.74 Å². The highest BCUT2D eigenvalue weighted by Gasteiger charge is 2.43. The lowest BCUT2D eigenvalue weighted by molar-refractivity contribution is -0.136. The number of nitrogens with one attached hydrogen (secondary N) is 1. The monoisotopic (exact) mass is 223 g/mol. The lowest BCUT2D eigenvalue weighted by Gasteiger charge is -2.48. The van der Waals surface area contributed by atoms with Gasteiger partial charge in [-0.05, 0) is 50.9 Å². The standard InChI is InChI=1S/C14H25NO/c1-11-4-2-5-13(11)15-12-6-9-16-14(10-12)7-3-8-14/h11-13,15H,2-10H2,1H3. The van der Waals surface area contributed by atoms with Crippen LogP contribution in [0.1, 0.15) is 58.3 Å². The van der Waals surface area contributed by atoms with E-state index < -0.39 is 0 Å². The summed E-state index contributed by atoms with van der Waals surface area (Å²) in [5, 5.41) is 3.91. The molecule has 1 heterocycles. The zero-order chi connectivity index (χ0) is 11.0. The van der Waals surface area contributed by atoms with Gasteiger partial charge in [-0.2, -0.15) is 0 Å². The molecule has 1 saturated heterocycles. The van der Waals surface area contributed by atoms with Crippen LogP contribution in [-0.4, -0.2) is 24.3 Å². The molecule has 2 saturated carbocycles. The summed E-state index contributed by atoms with van der Waals surface area (Å²) in [5.41, 5.74) is 0.303. The zero-order valence-corrected chi connectivity index (χ0v) is 10.5. The minimum atomic E-state index is 0.303. The Hall–Kier alpha value is -0.0800. The number of hydrogen-bond acceptors (Lipinski definition) is 2. The quantitative estimate of drug-likeness (QED) is 0.777. The van der Waals surface area contributed by atoms with Crippen LogP contribution in [0.5, 0.6) is 0 Å². The Labute approximate surface area is 99.1 Å². The first-order valence-electron chi connectivity index (χ1n) is 7.17. The maximum absolute atomic E-state index is 5.98. The first-order valence-corrected chi connectivity index (χ1v) is 7.17. The van der Waals surface area contributed by atoms with Gasteiger partial charge in [0.15, 0.2) is 0 Å². The van der Waals surface area contributed by atoms with Gasteiger partial charge < -0.3 is 10.1 Å². The Kier molecular flexibility index (Phi) is 2.97. The van der Waals surface area contributed by atoms with Crippen molar-refractivity contribution in [3.63, 3.8) is 0 Å². The number of ether oxygens (including phenoxy) is 1. The van der Waals surface area contributed by atoms with Crippen LogP contribution in [0, 0.1) is 5.92 Å². The summed E-state index contributed by atoms with van der Waals surface area (Å²) in [6.45, 7) is 3.39. The van der Waals surface area contributed by atoms with Crippen LogP contribution < -0.4 is 5.32 Å². The molecule has 1 spiro atoms. The fraction of sp³-hybridized carbons (Fsp3) is 1.00. The second-order valence-corrected chi connectivity index (χ2v) is 6.26. The maximum Gasteiger partial charge on any atom is 0.0697 e. The third kappa shape index (κ3) is 2.02. The molecule has 0 aromatic carbocycles. The van der Waals surface area contributed by atoms with Crippen molar-refractivity contribution in [2.75, 3.05) is 6.61 Å². The highest BCUT2D eigenvalue weighted by Crippen LogP contribution is 2.42. The van der Waals surface area contributed by atoms with E-state index in [2.05, 4.69) is 12.2 Å². The van der Waals surface area contributed by atoms with E-state index in [0.717, 1.165) is 24.6 Å². The van der Waals surface area contributed by atoms with Gasteiger partial charge in [-0.15, -0.1) is 0 Å². The zero-order valence-electron chi connectivity index (χ0n) is 10.5. The summed E-state index contributed by atoms with van der Waals surface area (Å²) in [6.07, 6.45) is 10.7. The van der Waals surface area contributed by atoms with Gasteiger partial charge in [0.1, 0.15) is 0 Å². The van der Waals surface area contributed by atoms with Crippen molar-refractivity contribution in [3.8, 4) is 0 Å². The van der Waals surface area contributed by atoms with Crippen molar-refractivity contribution in [3.05, 3.63) is 0 Å². The molecule has 3 atom stereocenters. The van der Waals surface area contributed by atoms with E-state index in [0.29, 0.717) is 5.60 Å². The van der Waals surface area contributed by atoms with E-state index in [1.165, 1.54) is 51.4 Å². The average molecular weight is 223 g/mol. The lowest BCUT2D eigenvalue weighted by atomic mass is 9.73. The molecule has 3 fully saturated rings. The van der Waals surface area contributed by atoms with Crippen molar-refractivity contribution in [1.29, 1.82) is 0 Å². The summed E-state index contributed by atoms with van der Waals surface area (Å²) >= 11 is 0. The van der Waals surface area contributed by atoms with Crippen LogP contribution in [0.3, 0.4) is 0 Å². The van der Waals surface area contributed by atoms with E-state index in [9.17, 15) is 0 Å². The second-order valence-electron chi connectivity index (χ2n) is 6.26. The predicted octanol–water partition coefficient (Wildman–Crippen LogP) is 2.87. The van der Waals surface area contributed by atoms with E-state index in [1.807, 2.05) is 0 Å². The van der Waals surface area contributed by atoms with Gasteiger partial charge in [0.25, 0.3) is 0 Å². The molecule has 92 valence electrons. The SMILES string of the molecule is CC1CCCC1NC1CCOC2(CCC2)C1. The third-order valence-corrected chi connectivity index (χ3v) is 5.07. The van der Waals surface area contributed by atoms with Crippen LogP contribution >= 0.6 is 0 Å². The Morgan fingerprint density at radius 2 is 2.00 bits per heavy atom. The number of rotatable bonds is 2. The summed E-state index contributed by atoms with van der Waals surface area (Å²) < 4.78 is 5.98. The van der Waals surface area contributed by atoms with Gasteiger partial charge in [-0.1, -0.05) is 13.3 Å². The van der Waals surface area contributed by atoms with Crippen molar-refractivity contribution in [2.24, 2.45) is 5.92 Å². The Balaban J connectivity index is 1.54. The summed E-state index contributed by atoms with van der Waals surface area (Å²) in [7, 11) is 0.